The van der Waals surface area contributed by atoms with E-state index in [1.54, 1.807) is 27.2 Å². The predicted octanol–water partition coefficient (Wildman–Crippen LogP) is 5.22. The molecule has 0 atom stereocenters. The Morgan fingerprint density at radius 3 is 2.36 bits per heavy atom. The van der Waals surface area contributed by atoms with Crippen molar-refractivity contribution in [1.29, 1.82) is 0 Å². The fourth-order valence-electron chi connectivity index (χ4n) is 4.58. The zero-order valence-corrected chi connectivity index (χ0v) is 22.2. The molecule has 5 rings (SSSR count). The quantitative estimate of drug-likeness (QED) is 0.387. The van der Waals surface area contributed by atoms with E-state index in [0.717, 1.165) is 47.2 Å². The van der Waals surface area contributed by atoms with Gasteiger partial charge in [0.15, 0.2) is 0 Å². The second-order valence-electron chi connectivity index (χ2n) is 9.30. The Bertz CT molecular complexity index is 1530. The number of carbonyl (C=O) groups excluding carboxylic acids is 1. The predicted molar refractivity (Wildman–Crippen MR) is 143 cm³/mol. The number of rotatable bonds is 5. The van der Waals surface area contributed by atoms with Crippen molar-refractivity contribution in [2.45, 2.75) is 51.3 Å². The molecule has 1 N–H and O–H groups in total. The van der Waals surface area contributed by atoms with Crippen LogP contribution in [0.25, 0.3) is 15.3 Å². The number of aryl methyl sites for hydroxylation is 3. The molecular weight excluding hydrogens is 494 g/mol. The third-order valence-corrected chi connectivity index (χ3v) is 9.28. The van der Waals surface area contributed by atoms with E-state index in [0.29, 0.717) is 29.6 Å². The first-order valence-corrected chi connectivity index (χ1v) is 14.3. The maximum atomic E-state index is 13.1. The van der Waals surface area contributed by atoms with E-state index in [1.165, 1.54) is 29.0 Å². The Hall–Kier alpha value is -3.08. The maximum absolute atomic E-state index is 13.1. The van der Waals surface area contributed by atoms with Crippen LogP contribution in [0.4, 0.5) is 5.82 Å². The van der Waals surface area contributed by atoms with Crippen LogP contribution in [-0.4, -0.2) is 46.5 Å². The van der Waals surface area contributed by atoms with Crippen LogP contribution in [-0.2, 0) is 10.0 Å². The lowest BCUT2D eigenvalue weighted by molar-refractivity contribution is 0.102. The molecular formula is C26H29N5O3S2. The van der Waals surface area contributed by atoms with Gasteiger partial charge in [0.05, 0.1) is 20.8 Å². The summed E-state index contributed by atoms with van der Waals surface area (Å²) < 4.78 is 30.3. The molecule has 0 radical (unpaired) electrons. The van der Waals surface area contributed by atoms with Gasteiger partial charge in [-0.15, -0.1) is 0 Å². The molecule has 0 unspecified atom stereocenters. The molecule has 36 heavy (non-hydrogen) atoms. The second-order valence-corrected chi connectivity index (χ2v) is 12.3. The number of amides is 1. The molecule has 0 spiro atoms. The van der Waals surface area contributed by atoms with Crippen molar-refractivity contribution in [3.63, 3.8) is 0 Å². The van der Waals surface area contributed by atoms with Crippen LogP contribution in [0.3, 0.4) is 0 Å². The summed E-state index contributed by atoms with van der Waals surface area (Å²) in [6.07, 6.45) is 3.86. The van der Waals surface area contributed by atoms with E-state index in [2.05, 4.69) is 29.5 Å². The highest BCUT2D eigenvalue weighted by atomic mass is 32.2. The molecule has 10 heteroatoms. The maximum Gasteiger partial charge on any atom is 0.256 e. The van der Waals surface area contributed by atoms with Gasteiger partial charge in [0.2, 0.25) is 15.2 Å². The second kappa shape index (κ2) is 9.76. The largest absolute Gasteiger partial charge is 0.306 e. The molecule has 1 amide bonds. The molecule has 4 aromatic rings. The first-order chi connectivity index (χ1) is 17.2. The van der Waals surface area contributed by atoms with Crippen molar-refractivity contribution in [3.05, 3.63) is 64.8 Å². The number of hydrogen-bond donors (Lipinski definition) is 1. The van der Waals surface area contributed by atoms with Gasteiger partial charge in [-0.1, -0.05) is 30.2 Å². The van der Waals surface area contributed by atoms with Crippen LogP contribution in [0.1, 0.15) is 52.9 Å². The molecule has 0 saturated carbocycles. The zero-order valence-electron chi connectivity index (χ0n) is 20.6. The SMILES string of the molecule is Cc1cc(C)c2nc(-n3nc(C)cc3NC(=O)c3ccc(S(=O)(=O)N4CCCCCC4)cc3)sc2c1. The van der Waals surface area contributed by atoms with Gasteiger partial charge in [0.1, 0.15) is 5.82 Å². The Labute approximate surface area is 215 Å². The van der Waals surface area contributed by atoms with Gasteiger partial charge in [-0.25, -0.2) is 13.4 Å². The fourth-order valence-corrected chi connectivity index (χ4v) is 7.21. The number of nitrogens with one attached hydrogen (secondary N) is 1. The van der Waals surface area contributed by atoms with Crippen molar-refractivity contribution in [1.82, 2.24) is 19.1 Å². The fraction of sp³-hybridized carbons (Fsp3) is 0.346. The summed E-state index contributed by atoms with van der Waals surface area (Å²) in [6.45, 7) is 7.03. The van der Waals surface area contributed by atoms with Crippen LogP contribution >= 0.6 is 11.3 Å². The Balaban J connectivity index is 1.38. The van der Waals surface area contributed by atoms with Crippen molar-refractivity contribution in [2.24, 2.45) is 0 Å². The van der Waals surface area contributed by atoms with Crippen LogP contribution in [0.5, 0.6) is 0 Å². The molecule has 188 valence electrons. The van der Waals surface area contributed by atoms with Crippen LogP contribution in [0.15, 0.2) is 47.4 Å². The third kappa shape index (κ3) is 4.80. The van der Waals surface area contributed by atoms with Gasteiger partial charge < -0.3 is 5.32 Å². The lowest BCUT2D eigenvalue weighted by Gasteiger charge is -2.20. The van der Waals surface area contributed by atoms with E-state index in [9.17, 15) is 13.2 Å². The number of fused-ring (bicyclic) bond motifs is 1. The highest BCUT2D eigenvalue weighted by Gasteiger charge is 2.25. The summed E-state index contributed by atoms with van der Waals surface area (Å²) in [5.41, 5.74) is 4.30. The summed E-state index contributed by atoms with van der Waals surface area (Å²) in [5.74, 6) is 0.162. The minimum absolute atomic E-state index is 0.210. The van der Waals surface area contributed by atoms with Gasteiger partial charge in [-0.05, 0) is 75.1 Å². The summed E-state index contributed by atoms with van der Waals surface area (Å²) >= 11 is 1.52. The summed E-state index contributed by atoms with van der Waals surface area (Å²) in [5, 5.41) is 8.13. The van der Waals surface area contributed by atoms with E-state index in [-0.39, 0.29) is 10.8 Å². The Kier molecular flexibility index (Phi) is 6.67. The van der Waals surface area contributed by atoms with Crippen LogP contribution < -0.4 is 5.32 Å². The summed E-state index contributed by atoms with van der Waals surface area (Å²) in [7, 11) is -3.57. The molecule has 0 aliphatic carbocycles. The standard InChI is InChI=1S/C26H29N5O3S2/c1-17-14-18(2)24-22(15-17)35-26(28-24)31-23(16-19(3)29-31)27-25(32)20-8-10-21(11-9-20)36(33,34)30-12-6-4-5-7-13-30/h8-11,14-16H,4-7,12-13H2,1-3H3,(H,27,32). The molecule has 8 nitrogen and oxygen atoms in total. The minimum Gasteiger partial charge on any atom is -0.306 e. The lowest BCUT2D eigenvalue weighted by Crippen LogP contribution is -2.31. The topological polar surface area (TPSA) is 97.2 Å². The lowest BCUT2D eigenvalue weighted by atomic mass is 10.1. The first-order valence-electron chi connectivity index (χ1n) is 12.1. The monoisotopic (exact) mass is 523 g/mol. The van der Waals surface area contributed by atoms with Gasteiger partial charge >= 0.3 is 0 Å². The Morgan fingerprint density at radius 1 is 0.972 bits per heavy atom. The number of benzene rings is 2. The number of aromatic nitrogens is 3. The highest BCUT2D eigenvalue weighted by Crippen LogP contribution is 2.30. The van der Waals surface area contributed by atoms with E-state index in [1.807, 2.05) is 13.8 Å². The number of carbonyl (C=O) groups is 1. The average molecular weight is 524 g/mol. The zero-order chi connectivity index (χ0) is 25.4. The number of thiazole rings is 1. The molecule has 0 bridgehead atoms. The highest BCUT2D eigenvalue weighted by molar-refractivity contribution is 7.89. The van der Waals surface area contributed by atoms with Gasteiger partial charge in [-0.3, -0.25) is 4.79 Å². The van der Waals surface area contributed by atoms with Crippen LogP contribution in [0, 0.1) is 20.8 Å². The number of hydrogen-bond acceptors (Lipinski definition) is 6. The van der Waals surface area contributed by atoms with Crippen molar-refractivity contribution < 1.29 is 13.2 Å². The molecule has 1 aliphatic rings. The smallest absolute Gasteiger partial charge is 0.256 e. The van der Waals surface area contributed by atoms with E-state index < -0.39 is 10.0 Å². The van der Waals surface area contributed by atoms with Gasteiger partial charge in [0.25, 0.3) is 5.91 Å². The molecule has 2 aromatic heterocycles. The number of nitrogens with zero attached hydrogens (tertiary/aromatic N) is 4. The third-order valence-electron chi connectivity index (χ3n) is 6.39. The normalized spacial score (nSPS) is 15.2. The first kappa shape index (κ1) is 24.6. The van der Waals surface area contributed by atoms with Gasteiger partial charge in [-0.2, -0.15) is 14.1 Å². The minimum atomic E-state index is -3.57. The van der Waals surface area contributed by atoms with E-state index in [4.69, 9.17) is 4.98 Å². The van der Waals surface area contributed by atoms with Crippen molar-refractivity contribution >= 4 is 43.3 Å². The van der Waals surface area contributed by atoms with Crippen molar-refractivity contribution in [2.75, 3.05) is 18.4 Å². The van der Waals surface area contributed by atoms with Gasteiger partial charge in [0, 0.05) is 24.7 Å². The molecule has 2 aromatic carbocycles. The molecule has 1 aliphatic heterocycles. The van der Waals surface area contributed by atoms with Crippen LogP contribution in [0.2, 0.25) is 0 Å². The molecule has 1 saturated heterocycles. The molecule has 3 heterocycles. The molecule has 1 fully saturated rings. The summed E-state index contributed by atoms with van der Waals surface area (Å²) in [6, 6.07) is 12.1. The van der Waals surface area contributed by atoms with E-state index >= 15 is 0 Å². The number of anilines is 1. The number of sulfonamides is 1. The summed E-state index contributed by atoms with van der Waals surface area (Å²) in [4.78, 5) is 18.0. The van der Waals surface area contributed by atoms with Crippen molar-refractivity contribution in [3.8, 4) is 5.13 Å². The Morgan fingerprint density at radius 2 is 1.67 bits per heavy atom. The average Bonchev–Trinajstić information content (AvgIpc) is 3.30.